The monoisotopic (exact) mass is 266 g/mol. The fraction of sp³-hybridized carbons (Fsp3) is 0.500. The van der Waals surface area contributed by atoms with Crippen LogP contribution in [-0.2, 0) is 0 Å². The molecule has 1 aliphatic rings. The van der Waals surface area contributed by atoms with Crippen molar-refractivity contribution >= 4 is 29.2 Å². The summed E-state index contributed by atoms with van der Waals surface area (Å²) in [5.41, 5.74) is 11.7. The lowest BCUT2D eigenvalue weighted by Crippen LogP contribution is -2.45. The Morgan fingerprint density at radius 2 is 2.28 bits per heavy atom. The van der Waals surface area contributed by atoms with Gasteiger partial charge in [0.2, 0.25) is 0 Å². The number of hydrogen-bond donors (Lipinski definition) is 2. The van der Waals surface area contributed by atoms with Gasteiger partial charge in [0.1, 0.15) is 5.82 Å². The number of carbonyl (C=O) groups excluding carboxylic acids is 1. The van der Waals surface area contributed by atoms with E-state index in [4.69, 9.17) is 11.5 Å². The minimum Gasteiger partial charge on any atom is -0.397 e. The predicted molar refractivity (Wildman–Crippen MR) is 75.9 cm³/mol. The van der Waals surface area contributed by atoms with Gasteiger partial charge in [-0.25, -0.2) is 4.98 Å². The third-order valence-electron chi connectivity index (χ3n) is 3.36. The number of primary amides is 1. The molecule has 2 unspecified atom stereocenters. The second-order valence-corrected chi connectivity index (χ2v) is 5.99. The Morgan fingerprint density at radius 1 is 1.56 bits per heavy atom. The molecule has 0 aromatic carbocycles. The van der Waals surface area contributed by atoms with Crippen molar-refractivity contribution in [3.8, 4) is 0 Å². The molecular weight excluding hydrogens is 248 g/mol. The van der Waals surface area contributed by atoms with Crippen molar-refractivity contribution in [1.29, 1.82) is 0 Å². The van der Waals surface area contributed by atoms with Gasteiger partial charge in [0.25, 0.3) is 5.91 Å². The molecule has 1 aromatic rings. The van der Waals surface area contributed by atoms with Gasteiger partial charge >= 0.3 is 0 Å². The van der Waals surface area contributed by atoms with Gasteiger partial charge in [-0.1, -0.05) is 6.92 Å². The average Bonchev–Trinajstić information content (AvgIpc) is 2.33. The lowest BCUT2D eigenvalue weighted by atomic mass is 10.1. The van der Waals surface area contributed by atoms with Crippen LogP contribution in [0, 0.1) is 0 Å². The lowest BCUT2D eigenvalue weighted by molar-refractivity contribution is 0.100. The van der Waals surface area contributed by atoms with Crippen molar-refractivity contribution < 1.29 is 4.79 Å². The number of pyridine rings is 1. The molecule has 2 rings (SSSR count). The van der Waals surface area contributed by atoms with Gasteiger partial charge in [-0.05, 0) is 13.0 Å². The first kappa shape index (κ1) is 13.0. The predicted octanol–water partition coefficient (Wildman–Crippen LogP) is 1.09. The summed E-state index contributed by atoms with van der Waals surface area (Å²) in [6.45, 7) is 5.29. The highest BCUT2D eigenvalue weighted by molar-refractivity contribution is 8.00. The number of anilines is 2. The van der Waals surface area contributed by atoms with E-state index in [0.29, 0.717) is 22.5 Å². The van der Waals surface area contributed by atoms with Gasteiger partial charge in [-0.2, -0.15) is 11.8 Å². The van der Waals surface area contributed by atoms with E-state index in [9.17, 15) is 4.79 Å². The molecule has 0 spiro atoms. The number of nitrogen functional groups attached to an aromatic ring is 1. The Balaban J connectivity index is 2.33. The third-order valence-corrected chi connectivity index (χ3v) is 4.70. The Labute approximate surface area is 111 Å². The summed E-state index contributed by atoms with van der Waals surface area (Å²) in [7, 11) is 0. The van der Waals surface area contributed by atoms with Gasteiger partial charge in [-0.15, -0.1) is 0 Å². The molecule has 4 N–H and O–H groups in total. The van der Waals surface area contributed by atoms with Crippen molar-refractivity contribution in [3.63, 3.8) is 0 Å². The first-order valence-corrected chi connectivity index (χ1v) is 6.99. The van der Waals surface area contributed by atoms with Crippen LogP contribution >= 0.6 is 11.8 Å². The van der Waals surface area contributed by atoms with E-state index >= 15 is 0 Å². The maximum Gasteiger partial charge on any atom is 0.250 e. The van der Waals surface area contributed by atoms with Gasteiger partial charge in [0.15, 0.2) is 0 Å². The second kappa shape index (κ2) is 5.06. The fourth-order valence-electron chi connectivity index (χ4n) is 2.08. The van der Waals surface area contributed by atoms with Gasteiger partial charge in [0.05, 0.1) is 17.4 Å². The lowest BCUT2D eigenvalue weighted by Gasteiger charge is -2.38. The maximum atomic E-state index is 11.3. The normalized spacial score (nSPS) is 24.0. The summed E-state index contributed by atoms with van der Waals surface area (Å²) in [5.74, 6) is 1.32. The van der Waals surface area contributed by atoms with Crippen LogP contribution < -0.4 is 16.4 Å². The molecule has 18 heavy (non-hydrogen) atoms. The number of aromatic nitrogens is 1. The standard InChI is InChI=1S/C12H18N4OS/c1-7-8(2)18-4-3-16(7)11-5-9(12(14)17)10(13)6-15-11/h5-8H,3-4,13H2,1-2H3,(H2,14,17). The molecule has 6 heteroatoms. The van der Waals surface area contributed by atoms with Gasteiger partial charge in [0, 0.05) is 23.6 Å². The Morgan fingerprint density at radius 3 is 2.94 bits per heavy atom. The van der Waals surface area contributed by atoms with E-state index in [1.807, 2.05) is 11.8 Å². The van der Waals surface area contributed by atoms with E-state index < -0.39 is 5.91 Å². The highest BCUT2D eigenvalue weighted by Crippen LogP contribution is 2.29. The zero-order valence-electron chi connectivity index (χ0n) is 10.6. The van der Waals surface area contributed by atoms with Gasteiger partial charge in [-0.3, -0.25) is 4.79 Å². The molecule has 1 amide bonds. The van der Waals surface area contributed by atoms with Crippen LogP contribution in [0.4, 0.5) is 11.5 Å². The van der Waals surface area contributed by atoms with Crippen molar-refractivity contribution in [2.75, 3.05) is 22.9 Å². The van der Waals surface area contributed by atoms with Crippen LogP contribution in [0.15, 0.2) is 12.3 Å². The van der Waals surface area contributed by atoms with Crippen LogP contribution in [0.3, 0.4) is 0 Å². The number of thioether (sulfide) groups is 1. The molecule has 0 saturated carbocycles. The van der Waals surface area contributed by atoms with Crippen molar-refractivity contribution in [2.45, 2.75) is 25.1 Å². The largest absolute Gasteiger partial charge is 0.397 e. The number of hydrogen-bond acceptors (Lipinski definition) is 5. The molecule has 1 saturated heterocycles. The van der Waals surface area contributed by atoms with E-state index in [2.05, 4.69) is 23.7 Å². The minimum absolute atomic E-state index is 0.332. The quantitative estimate of drug-likeness (QED) is 0.837. The summed E-state index contributed by atoms with van der Waals surface area (Å²) in [5, 5.41) is 0.537. The Bertz CT molecular complexity index is 465. The zero-order valence-corrected chi connectivity index (χ0v) is 11.4. The van der Waals surface area contributed by atoms with Crippen LogP contribution in [0.1, 0.15) is 24.2 Å². The zero-order chi connectivity index (χ0) is 13.3. The average molecular weight is 266 g/mol. The highest BCUT2D eigenvalue weighted by atomic mass is 32.2. The first-order chi connectivity index (χ1) is 8.50. The Hall–Kier alpha value is -1.43. The number of rotatable bonds is 2. The number of nitrogens with zero attached hydrogens (tertiary/aromatic N) is 2. The Kier molecular flexibility index (Phi) is 3.65. The SMILES string of the molecule is CC1SCCN(c2cc(C(N)=O)c(N)cn2)C1C. The molecule has 2 heterocycles. The number of carbonyl (C=O) groups is 1. The van der Waals surface area contributed by atoms with E-state index in [1.54, 1.807) is 6.07 Å². The minimum atomic E-state index is -0.511. The molecular formula is C12H18N4OS. The summed E-state index contributed by atoms with van der Waals surface area (Å²) in [4.78, 5) is 17.8. The molecule has 0 bridgehead atoms. The molecule has 1 aliphatic heterocycles. The van der Waals surface area contributed by atoms with E-state index in [-0.39, 0.29) is 0 Å². The van der Waals surface area contributed by atoms with Crippen molar-refractivity contribution in [2.24, 2.45) is 5.73 Å². The van der Waals surface area contributed by atoms with Crippen molar-refractivity contribution in [1.82, 2.24) is 4.98 Å². The second-order valence-electron chi connectivity index (χ2n) is 4.50. The molecule has 0 radical (unpaired) electrons. The molecule has 0 aliphatic carbocycles. The summed E-state index contributed by atoms with van der Waals surface area (Å²) < 4.78 is 0. The highest BCUT2D eigenvalue weighted by Gasteiger charge is 2.26. The molecule has 1 fully saturated rings. The van der Waals surface area contributed by atoms with Crippen LogP contribution in [0.25, 0.3) is 0 Å². The first-order valence-electron chi connectivity index (χ1n) is 5.94. The van der Waals surface area contributed by atoms with E-state index in [0.717, 1.165) is 18.1 Å². The van der Waals surface area contributed by atoms with Gasteiger partial charge < -0.3 is 16.4 Å². The molecule has 98 valence electrons. The topological polar surface area (TPSA) is 85.2 Å². The summed E-state index contributed by atoms with van der Waals surface area (Å²) in [6, 6.07) is 2.07. The third kappa shape index (κ3) is 2.38. The summed E-state index contributed by atoms with van der Waals surface area (Å²) in [6.07, 6.45) is 1.51. The van der Waals surface area contributed by atoms with Crippen LogP contribution in [0.2, 0.25) is 0 Å². The number of nitrogens with two attached hydrogens (primary N) is 2. The molecule has 5 nitrogen and oxygen atoms in total. The fourth-order valence-corrected chi connectivity index (χ4v) is 3.18. The molecule has 2 atom stereocenters. The van der Waals surface area contributed by atoms with Crippen LogP contribution in [-0.4, -0.2) is 34.5 Å². The summed E-state index contributed by atoms with van der Waals surface area (Å²) >= 11 is 1.95. The van der Waals surface area contributed by atoms with Crippen LogP contribution in [0.5, 0.6) is 0 Å². The van der Waals surface area contributed by atoms with E-state index in [1.165, 1.54) is 6.20 Å². The van der Waals surface area contributed by atoms with Crippen molar-refractivity contribution in [3.05, 3.63) is 17.8 Å². The molecule has 1 aromatic heterocycles. The smallest absolute Gasteiger partial charge is 0.250 e. The number of amides is 1. The maximum absolute atomic E-state index is 11.3.